The van der Waals surface area contributed by atoms with Crippen LogP contribution < -0.4 is 10.6 Å². The Morgan fingerprint density at radius 3 is 2.70 bits per heavy atom. The summed E-state index contributed by atoms with van der Waals surface area (Å²) in [7, 11) is 1.73. The molecule has 100 valence electrons. The summed E-state index contributed by atoms with van der Waals surface area (Å²) in [6.45, 7) is 0. The minimum Gasteiger partial charge on any atom is -0.478 e. The molecule has 3 N–H and O–H groups in total. The first-order valence-electron chi connectivity index (χ1n) is 5.89. The van der Waals surface area contributed by atoms with Crippen molar-refractivity contribution in [2.75, 3.05) is 17.7 Å². The Labute approximate surface area is 116 Å². The molecule has 5 nitrogen and oxygen atoms in total. The first-order valence-corrected chi connectivity index (χ1v) is 5.89. The Morgan fingerprint density at radius 1 is 1.30 bits per heavy atom. The van der Waals surface area contributed by atoms with Gasteiger partial charge in [0.2, 0.25) is 0 Å². The van der Waals surface area contributed by atoms with Gasteiger partial charge < -0.3 is 15.7 Å². The smallest absolute Gasteiger partial charge is 0.337 e. The van der Waals surface area contributed by atoms with Crippen molar-refractivity contribution in [2.45, 2.75) is 0 Å². The standard InChI is InChI=1S/C15H13N3O2/c1-18(12-4-2-3-10(7-12)9-16)14-8-11(17)5-6-13(14)15(19)20/h2-8H,17H2,1H3,(H,19,20). The van der Waals surface area contributed by atoms with Crippen molar-refractivity contribution in [2.24, 2.45) is 0 Å². The molecule has 0 amide bonds. The fourth-order valence-corrected chi connectivity index (χ4v) is 1.93. The molecular weight excluding hydrogens is 254 g/mol. The number of hydrogen-bond donors (Lipinski definition) is 2. The molecule has 0 heterocycles. The van der Waals surface area contributed by atoms with Gasteiger partial charge >= 0.3 is 5.97 Å². The van der Waals surface area contributed by atoms with Crippen LogP contribution in [0.15, 0.2) is 42.5 Å². The molecule has 0 unspecified atom stereocenters. The third kappa shape index (κ3) is 2.54. The number of anilines is 3. The van der Waals surface area contributed by atoms with E-state index in [1.807, 2.05) is 0 Å². The topological polar surface area (TPSA) is 90.4 Å². The van der Waals surface area contributed by atoms with Crippen molar-refractivity contribution >= 4 is 23.0 Å². The highest BCUT2D eigenvalue weighted by molar-refractivity contribution is 5.96. The van der Waals surface area contributed by atoms with E-state index < -0.39 is 5.97 Å². The maximum atomic E-state index is 11.3. The zero-order chi connectivity index (χ0) is 14.7. The largest absolute Gasteiger partial charge is 0.478 e. The Kier molecular flexibility index (Phi) is 3.58. The molecule has 0 aliphatic heterocycles. The van der Waals surface area contributed by atoms with Crippen molar-refractivity contribution in [1.82, 2.24) is 0 Å². The van der Waals surface area contributed by atoms with Gasteiger partial charge in [0, 0.05) is 18.4 Å². The SMILES string of the molecule is CN(c1cccc(C#N)c1)c1cc(N)ccc1C(=O)O. The average molecular weight is 267 g/mol. The van der Waals surface area contributed by atoms with Crippen LogP contribution in [-0.4, -0.2) is 18.1 Å². The summed E-state index contributed by atoms with van der Waals surface area (Å²) in [5.74, 6) is -1.02. The summed E-state index contributed by atoms with van der Waals surface area (Å²) in [6.07, 6.45) is 0. The van der Waals surface area contributed by atoms with Gasteiger partial charge in [-0.05, 0) is 36.4 Å². The molecule has 0 atom stereocenters. The van der Waals surface area contributed by atoms with Gasteiger partial charge in [0.05, 0.1) is 22.9 Å². The van der Waals surface area contributed by atoms with Gasteiger partial charge in [0.1, 0.15) is 0 Å². The molecule has 0 spiro atoms. The van der Waals surface area contributed by atoms with Crippen LogP contribution >= 0.6 is 0 Å². The molecule has 0 fully saturated rings. The lowest BCUT2D eigenvalue weighted by molar-refractivity contribution is 0.0697. The number of carboxylic acids is 1. The number of nitrogen functional groups attached to an aromatic ring is 1. The molecule has 0 aliphatic carbocycles. The molecule has 20 heavy (non-hydrogen) atoms. The quantitative estimate of drug-likeness (QED) is 0.834. The van der Waals surface area contributed by atoms with Crippen molar-refractivity contribution in [3.8, 4) is 6.07 Å². The van der Waals surface area contributed by atoms with E-state index in [0.29, 0.717) is 16.9 Å². The van der Waals surface area contributed by atoms with E-state index in [0.717, 1.165) is 5.69 Å². The number of nitrogens with two attached hydrogens (primary N) is 1. The molecule has 2 aromatic rings. The predicted octanol–water partition coefficient (Wildman–Crippen LogP) is 2.61. The van der Waals surface area contributed by atoms with Crippen LogP contribution in [-0.2, 0) is 0 Å². The summed E-state index contributed by atoms with van der Waals surface area (Å²) in [6, 6.07) is 13.6. The Morgan fingerprint density at radius 2 is 2.05 bits per heavy atom. The first kappa shape index (κ1) is 13.4. The van der Waals surface area contributed by atoms with Crippen LogP contribution in [0.25, 0.3) is 0 Å². The van der Waals surface area contributed by atoms with Gasteiger partial charge in [-0.3, -0.25) is 0 Å². The molecule has 0 radical (unpaired) electrons. The van der Waals surface area contributed by atoms with E-state index in [1.165, 1.54) is 6.07 Å². The molecule has 0 aliphatic rings. The number of carboxylic acid groups (broad SMARTS) is 1. The van der Waals surface area contributed by atoms with Crippen LogP contribution in [0.1, 0.15) is 15.9 Å². The van der Waals surface area contributed by atoms with Crippen LogP contribution in [0.2, 0.25) is 0 Å². The lowest BCUT2D eigenvalue weighted by atomic mass is 10.1. The second-order valence-electron chi connectivity index (χ2n) is 4.30. The van der Waals surface area contributed by atoms with E-state index in [-0.39, 0.29) is 5.56 Å². The highest BCUT2D eigenvalue weighted by Gasteiger charge is 2.15. The number of benzene rings is 2. The lowest BCUT2D eigenvalue weighted by Gasteiger charge is -2.22. The van der Waals surface area contributed by atoms with Crippen LogP contribution in [0, 0.1) is 11.3 Å². The Bertz CT molecular complexity index is 705. The van der Waals surface area contributed by atoms with Crippen molar-refractivity contribution < 1.29 is 9.90 Å². The molecular formula is C15H13N3O2. The molecule has 0 saturated carbocycles. The van der Waals surface area contributed by atoms with Crippen molar-refractivity contribution in [1.29, 1.82) is 5.26 Å². The number of nitrogens with zero attached hydrogens (tertiary/aromatic N) is 2. The van der Waals surface area contributed by atoms with Crippen LogP contribution in [0.4, 0.5) is 17.1 Å². The second kappa shape index (κ2) is 5.33. The Balaban J connectivity index is 2.52. The van der Waals surface area contributed by atoms with E-state index in [1.54, 1.807) is 48.3 Å². The lowest BCUT2D eigenvalue weighted by Crippen LogP contribution is -2.14. The van der Waals surface area contributed by atoms with Crippen LogP contribution in [0.3, 0.4) is 0 Å². The number of hydrogen-bond acceptors (Lipinski definition) is 4. The molecule has 0 saturated heterocycles. The van der Waals surface area contributed by atoms with Crippen molar-refractivity contribution in [3.05, 3.63) is 53.6 Å². The highest BCUT2D eigenvalue weighted by Crippen LogP contribution is 2.29. The Hall–Kier alpha value is -3.00. The number of carbonyl (C=O) groups is 1. The monoisotopic (exact) mass is 267 g/mol. The molecule has 0 bridgehead atoms. The third-order valence-corrected chi connectivity index (χ3v) is 2.98. The average Bonchev–Trinajstić information content (AvgIpc) is 2.46. The third-order valence-electron chi connectivity index (χ3n) is 2.98. The van der Waals surface area contributed by atoms with E-state index in [4.69, 9.17) is 11.0 Å². The number of rotatable bonds is 3. The van der Waals surface area contributed by atoms with Gasteiger partial charge in [-0.15, -0.1) is 0 Å². The van der Waals surface area contributed by atoms with Gasteiger partial charge in [0.15, 0.2) is 0 Å². The molecule has 0 aromatic heterocycles. The summed E-state index contributed by atoms with van der Waals surface area (Å²) >= 11 is 0. The zero-order valence-electron chi connectivity index (χ0n) is 10.9. The fraction of sp³-hybridized carbons (Fsp3) is 0.0667. The van der Waals surface area contributed by atoms with Gasteiger partial charge in [0.25, 0.3) is 0 Å². The summed E-state index contributed by atoms with van der Waals surface area (Å²) < 4.78 is 0. The first-order chi connectivity index (χ1) is 9.52. The summed E-state index contributed by atoms with van der Waals surface area (Å²) in [5, 5.41) is 18.2. The second-order valence-corrected chi connectivity index (χ2v) is 4.30. The zero-order valence-corrected chi connectivity index (χ0v) is 10.9. The van der Waals surface area contributed by atoms with E-state index in [2.05, 4.69) is 6.07 Å². The maximum absolute atomic E-state index is 11.3. The van der Waals surface area contributed by atoms with Gasteiger partial charge in [-0.1, -0.05) is 6.07 Å². The maximum Gasteiger partial charge on any atom is 0.337 e. The van der Waals surface area contributed by atoms with Gasteiger partial charge in [-0.2, -0.15) is 5.26 Å². The number of aromatic carboxylic acids is 1. The highest BCUT2D eigenvalue weighted by atomic mass is 16.4. The predicted molar refractivity (Wildman–Crippen MR) is 77.0 cm³/mol. The minimum atomic E-state index is -1.02. The fourth-order valence-electron chi connectivity index (χ4n) is 1.93. The van der Waals surface area contributed by atoms with Crippen LogP contribution in [0.5, 0.6) is 0 Å². The normalized spacial score (nSPS) is 9.80. The number of nitriles is 1. The van der Waals surface area contributed by atoms with Crippen molar-refractivity contribution in [3.63, 3.8) is 0 Å². The van der Waals surface area contributed by atoms with E-state index >= 15 is 0 Å². The van der Waals surface area contributed by atoms with Gasteiger partial charge in [-0.25, -0.2) is 4.79 Å². The summed E-state index contributed by atoms with van der Waals surface area (Å²) in [5.41, 5.74) is 8.07. The van der Waals surface area contributed by atoms with E-state index in [9.17, 15) is 9.90 Å². The molecule has 5 heteroatoms. The molecule has 2 rings (SSSR count). The minimum absolute atomic E-state index is 0.157. The summed E-state index contributed by atoms with van der Waals surface area (Å²) in [4.78, 5) is 13.0. The molecule has 2 aromatic carbocycles.